The summed E-state index contributed by atoms with van der Waals surface area (Å²) in [7, 11) is 0. The Labute approximate surface area is 201 Å². The average molecular weight is 468 g/mol. The number of halogens is 1. The molecule has 34 heavy (non-hydrogen) atoms. The van der Waals surface area contributed by atoms with Gasteiger partial charge in [-0.3, -0.25) is 4.79 Å². The van der Waals surface area contributed by atoms with Gasteiger partial charge in [-0.15, -0.1) is 0 Å². The molecule has 4 saturated carbocycles. The Morgan fingerprint density at radius 3 is 2.68 bits per heavy atom. The van der Waals surface area contributed by atoms with E-state index in [9.17, 15) is 14.3 Å². The molecule has 0 spiro atoms. The van der Waals surface area contributed by atoms with E-state index in [1.807, 2.05) is 25.1 Å². The number of hydrogen-bond donors (Lipinski definition) is 1. The maximum absolute atomic E-state index is 13.5. The van der Waals surface area contributed by atoms with Crippen molar-refractivity contribution in [1.82, 2.24) is 15.0 Å². The Morgan fingerprint density at radius 2 is 1.85 bits per heavy atom. The Kier molecular flexibility index (Phi) is 5.40. The van der Waals surface area contributed by atoms with Crippen LogP contribution in [-0.4, -0.2) is 38.2 Å². The molecule has 8 atom stereocenters. The number of ketones is 1. The molecule has 6 rings (SSSR count). The fourth-order valence-corrected chi connectivity index (χ4v) is 9.00. The molecule has 4 aliphatic carbocycles. The van der Waals surface area contributed by atoms with Gasteiger partial charge in [0.15, 0.2) is 5.78 Å². The number of aryl methyl sites for hydroxylation is 1. The molecule has 0 radical (unpaired) electrons. The Hall–Kier alpha value is -1.82. The first-order valence-electron chi connectivity index (χ1n) is 13.4. The number of rotatable bonds is 4. The number of fused-ring (bicyclic) bond motifs is 6. The highest BCUT2D eigenvalue weighted by molar-refractivity contribution is 5.82. The zero-order chi connectivity index (χ0) is 23.7. The monoisotopic (exact) mass is 467 g/mol. The number of benzene rings is 1. The summed E-state index contributed by atoms with van der Waals surface area (Å²) in [5.74, 6) is 3.47. The first-order chi connectivity index (χ1) is 16.3. The summed E-state index contributed by atoms with van der Waals surface area (Å²) in [4.78, 5) is 15.2. The maximum atomic E-state index is 13.5. The van der Waals surface area contributed by atoms with Crippen molar-refractivity contribution in [2.75, 3.05) is 6.67 Å². The topological polar surface area (TPSA) is 68.0 Å². The van der Waals surface area contributed by atoms with Crippen LogP contribution in [0.25, 0.3) is 11.0 Å². The Balaban J connectivity index is 1.17. The third-order valence-corrected chi connectivity index (χ3v) is 10.6. The van der Waals surface area contributed by atoms with Crippen molar-refractivity contribution >= 4 is 16.8 Å². The van der Waals surface area contributed by atoms with Crippen molar-refractivity contribution in [2.45, 2.75) is 83.8 Å². The van der Waals surface area contributed by atoms with Crippen LogP contribution in [-0.2, 0) is 11.3 Å². The summed E-state index contributed by atoms with van der Waals surface area (Å²) in [6.45, 7) is 4.09. The number of alkyl halides is 1. The second-order valence-electron chi connectivity index (χ2n) is 12.4. The molecular weight excluding hydrogens is 429 g/mol. The minimum atomic E-state index is -1.08. The van der Waals surface area contributed by atoms with Crippen LogP contribution < -0.4 is 0 Å². The van der Waals surface area contributed by atoms with Gasteiger partial charge in [0.25, 0.3) is 0 Å². The lowest BCUT2D eigenvalue weighted by Crippen LogP contribution is -2.52. The highest BCUT2D eigenvalue weighted by Gasteiger charge is 2.59. The minimum absolute atomic E-state index is 0.0720. The van der Waals surface area contributed by atoms with E-state index < -0.39 is 12.3 Å². The van der Waals surface area contributed by atoms with Crippen LogP contribution in [0.4, 0.5) is 4.39 Å². The number of hydrogen-bond acceptors (Lipinski definition) is 4. The van der Waals surface area contributed by atoms with Crippen LogP contribution in [0.1, 0.15) is 70.3 Å². The third-order valence-electron chi connectivity index (χ3n) is 10.6. The van der Waals surface area contributed by atoms with E-state index in [2.05, 4.69) is 17.1 Å². The molecule has 0 bridgehead atoms. The Bertz CT molecular complexity index is 1100. The molecule has 4 fully saturated rings. The first-order valence-corrected chi connectivity index (χ1v) is 13.4. The molecule has 0 amide bonds. The maximum Gasteiger partial charge on any atom is 0.159 e. The largest absolute Gasteiger partial charge is 0.387 e. The van der Waals surface area contributed by atoms with E-state index in [4.69, 9.17) is 0 Å². The highest BCUT2D eigenvalue weighted by Crippen LogP contribution is 2.64. The molecule has 4 aliphatic rings. The summed E-state index contributed by atoms with van der Waals surface area (Å²) in [5, 5.41) is 19.7. The van der Waals surface area contributed by atoms with Gasteiger partial charge in [-0.1, -0.05) is 13.0 Å². The SMILES string of the molecule is Cc1ccc2nn(CC(=O)[C@H]3CC[C@H]4[C@@H]5CC[C@@H]6C[C@@](O)(CF)CC[C@@H]6[C@H]5CC[C@]34C)nc2c1. The first kappa shape index (κ1) is 22.6. The van der Waals surface area contributed by atoms with Crippen LogP contribution in [0.5, 0.6) is 0 Å². The molecule has 1 aromatic carbocycles. The standard InChI is InChI=1S/C28H38FN3O2/c1-17-3-8-24-25(13-17)31-32(30-24)15-26(33)23-7-6-22-21-5-4-18-14-28(34,16-29)12-10-19(18)20(21)9-11-27(22,23)2/h3,8,13,18-23,34H,4-7,9-12,14-16H2,1-2H3/t18-,19+,20-,21-,22+,23-,27+,28-/m1/s1. The number of carbonyl (C=O) groups is 1. The number of nitrogens with zero attached hydrogens (tertiary/aromatic N) is 3. The zero-order valence-corrected chi connectivity index (χ0v) is 20.5. The lowest BCUT2D eigenvalue weighted by atomic mass is 9.49. The zero-order valence-electron chi connectivity index (χ0n) is 20.5. The van der Waals surface area contributed by atoms with Gasteiger partial charge in [-0.25, -0.2) is 4.39 Å². The third kappa shape index (κ3) is 3.54. The molecule has 1 aromatic heterocycles. The molecule has 1 N–H and O–H groups in total. The number of aromatic nitrogens is 3. The predicted molar refractivity (Wildman–Crippen MR) is 129 cm³/mol. The molecule has 0 saturated heterocycles. The quantitative estimate of drug-likeness (QED) is 0.664. The van der Waals surface area contributed by atoms with E-state index in [1.165, 1.54) is 12.8 Å². The van der Waals surface area contributed by atoms with Gasteiger partial charge in [0.1, 0.15) is 24.3 Å². The second-order valence-corrected chi connectivity index (χ2v) is 12.4. The minimum Gasteiger partial charge on any atom is -0.387 e. The summed E-state index contributed by atoms with van der Waals surface area (Å²) >= 11 is 0. The van der Waals surface area contributed by atoms with E-state index in [0.717, 1.165) is 48.7 Å². The number of carbonyl (C=O) groups excluding carboxylic acids is 1. The van der Waals surface area contributed by atoms with Gasteiger partial charge in [-0.2, -0.15) is 15.0 Å². The average Bonchev–Trinajstić information content (AvgIpc) is 3.38. The molecule has 0 unspecified atom stereocenters. The van der Waals surface area contributed by atoms with Crippen molar-refractivity contribution < 1.29 is 14.3 Å². The fourth-order valence-electron chi connectivity index (χ4n) is 9.00. The van der Waals surface area contributed by atoms with Crippen molar-refractivity contribution in [1.29, 1.82) is 0 Å². The number of aliphatic hydroxyl groups is 1. The van der Waals surface area contributed by atoms with Crippen LogP contribution in [0.2, 0.25) is 0 Å². The summed E-state index contributed by atoms with van der Waals surface area (Å²) < 4.78 is 13.4. The molecular formula is C28H38FN3O2. The van der Waals surface area contributed by atoms with Gasteiger partial charge >= 0.3 is 0 Å². The summed E-state index contributed by atoms with van der Waals surface area (Å²) in [6.07, 6.45) is 8.94. The van der Waals surface area contributed by atoms with Crippen LogP contribution in [0.3, 0.4) is 0 Å². The summed E-state index contributed by atoms with van der Waals surface area (Å²) in [6, 6.07) is 6.03. The van der Waals surface area contributed by atoms with Gasteiger partial charge in [-0.05, 0) is 117 Å². The molecule has 2 aromatic rings. The van der Waals surface area contributed by atoms with E-state index in [0.29, 0.717) is 48.2 Å². The predicted octanol–water partition coefficient (Wildman–Crippen LogP) is 5.28. The molecule has 0 aliphatic heterocycles. The Morgan fingerprint density at radius 1 is 1.06 bits per heavy atom. The van der Waals surface area contributed by atoms with Gasteiger partial charge in [0, 0.05) is 5.92 Å². The van der Waals surface area contributed by atoms with E-state index in [1.54, 1.807) is 4.80 Å². The lowest BCUT2D eigenvalue weighted by molar-refractivity contribution is -0.134. The molecule has 184 valence electrons. The second kappa shape index (κ2) is 8.11. The van der Waals surface area contributed by atoms with Crippen LogP contribution in [0, 0.1) is 47.8 Å². The molecule has 1 heterocycles. The van der Waals surface area contributed by atoms with E-state index >= 15 is 0 Å². The van der Waals surface area contributed by atoms with Crippen LogP contribution >= 0.6 is 0 Å². The van der Waals surface area contributed by atoms with Gasteiger partial charge < -0.3 is 5.11 Å². The smallest absolute Gasteiger partial charge is 0.159 e. The highest BCUT2D eigenvalue weighted by atomic mass is 19.1. The fraction of sp³-hybridized carbons (Fsp3) is 0.750. The molecule has 5 nitrogen and oxygen atoms in total. The summed E-state index contributed by atoms with van der Waals surface area (Å²) in [5.41, 5.74) is 1.84. The van der Waals surface area contributed by atoms with Gasteiger partial charge in [0.2, 0.25) is 0 Å². The van der Waals surface area contributed by atoms with Crippen LogP contribution in [0.15, 0.2) is 18.2 Å². The van der Waals surface area contributed by atoms with E-state index in [-0.39, 0.29) is 17.9 Å². The van der Waals surface area contributed by atoms with Gasteiger partial charge in [0.05, 0.1) is 5.60 Å². The lowest BCUT2D eigenvalue weighted by Gasteiger charge is -2.56. The van der Waals surface area contributed by atoms with Crippen molar-refractivity contribution in [2.24, 2.45) is 40.9 Å². The normalized spacial score (nSPS) is 41.6. The van der Waals surface area contributed by atoms with Crippen molar-refractivity contribution in [3.63, 3.8) is 0 Å². The van der Waals surface area contributed by atoms with Crippen molar-refractivity contribution in [3.05, 3.63) is 23.8 Å². The molecule has 6 heteroatoms. The number of Topliss-reactive ketones (excluding diaryl/α,β-unsaturated/α-hetero) is 1. The van der Waals surface area contributed by atoms with Crippen molar-refractivity contribution in [3.8, 4) is 0 Å².